The molecule has 2 heterocycles. The Balaban J connectivity index is 2.01. The number of benzene rings is 1. The van der Waals surface area contributed by atoms with Crippen LogP contribution in [0.25, 0.3) is 10.9 Å². The first-order valence-corrected chi connectivity index (χ1v) is 8.04. The normalized spacial score (nSPS) is 18.1. The highest BCUT2D eigenvalue weighted by Crippen LogP contribution is 2.38. The number of ether oxygens (including phenoxy) is 1. The Morgan fingerprint density at radius 2 is 2.20 bits per heavy atom. The van der Waals surface area contributed by atoms with Crippen molar-refractivity contribution in [3.8, 4) is 0 Å². The van der Waals surface area contributed by atoms with E-state index in [-0.39, 0.29) is 0 Å². The van der Waals surface area contributed by atoms with Gasteiger partial charge in [-0.3, -0.25) is 4.98 Å². The predicted molar refractivity (Wildman–Crippen MR) is 84.5 cm³/mol. The molecule has 0 radical (unpaired) electrons. The van der Waals surface area contributed by atoms with Crippen LogP contribution in [0.5, 0.6) is 0 Å². The van der Waals surface area contributed by atoms with Crippen molar-refractivity contribution in [3.05, 3.63) is 32.9 Å². The third-order valence-corrected chi connectivity index (χ3v) is 4.60. The molecule has 2 aliphatic rings. The molecule has 5 heteroatoms. The lowest BCUT2D eigenvalue weighted by atomic mass is 10.0. The summed E-state index contributed by atoms with van der Waals surface area (Å²) in [5.41, 5.74) is 4.37. The molecule has 0 atom stereocenters. The van der Waals surface area contributed by atoms with Gasteiger partial charge in [-0.05, 0) is 25.0 Å². The zero-order chi connectivity index (χ0) is 13.7. The molecular formula is C15H14BrClN2O. The van der Waals surface area contributed by atoms with Crippen molar-refractivity contribution in [1.82, 2.24) is 4.98 Å². The number of nitrogens with one attached hydrogen (secondary N) is 1. The molecule has 0 spiro atoms. The predicted octanol–water partition coefficient (Wildman–Crippen LogP) is 4.30. The first-order chi connectivity index (χ1) is 9.72. The lowest BCUT2D eigenvalue weighted by Gasteiger charge is -2.22. The minimum absolute atomic E-state index is 0.587. The maximum absolute atomic E-state index is 6.38. The zero-order valence-electron chi connectivity index (χ0n) is 10.9. The quantitative estimate of drug-likeness (QED) is 0.874. The van der Waals surface area contributed by atoms with Crippen molar-refractivity contribution in [2.24, 2.45) is 0 Å². The number of rotatable bonds is 2. The van der Waals surface area contributed by atoms with E-state index in [2.05, 4.69) is 27.3 Å². The lowest BCUT2D eigenvalue weighted by molar-refractivity contribution is 0.110. The van der Waals surface area contributed by atoms with Crippen LogP contribution in [0.1, 0.15) is 24.1 Å². The fraction of sp³-hybridized carbons (Fsp3) is 0.400. The summed E-state index contributed by atoms with van der Waals surface area (Å²) in [6.45, 7) is 1.37. The summed E-state index contributed by atoms with van der Waals surface area (Å²) in [6, 6.07) is 4.58. The summed E-state index contributed by atoms with van der Waals surface area (Å²) >= 11 is 9.90. The number of anilines is 1. The molecule has 0 unspecified atom stereocenters. The van der Waals surface area contributed by atoms with E-state index < -0.39 is 0 Å². The van der Waals surface area contributed by atoms with Crippen LogP contribution in [0.15, 0.2) is 16.6 Å². The number of pyridine rings is 1. The molecule has 0 amide bonds. The van der Waals surface area contributed by atoms with Crippen LogP contribution >= 0.6 is 27.5 Å². The highest BCUT2D eigenvalue weighted by atomic mass is 79.9. The standard InChI is InChI=1S/C15H14BrClN2O/c16-8-5-10-14(18-9-1-2-9)11-7-20-4-3-13(11)19-15(10)12(17)6-8/h5-6,9H,1-4,7H2,(H,18,19). The van der Waals surface area contributed by atoms with Gasteiger partial charge in [-0.1, -0.05) is 27.5 Å². The van der Waals surface area contributed by atoms with Crippen LogP contribution in [0.4, 0.5) is 5.69 Å². The van der Waals surface area contributed by atoms with E-state index in [0.717, 1.165) is 39.8 Å². The van der Waals surface area contributed by atoms with E-state index in [1.54, 1.807) is 0 Å². The number of halogens is 2. The minimum atomic E-state index is 0.587. The Hall–Kier alpha value is -0.840. The molecule has 0 saturated heterocycles. The molecule has 4 rings (SSSR count). The summed E-state index contributed by atoms with van der Waals surface area (Å²) < 4.78 is 6.60. The molecule has 104 valence electrons. The SMILES string of the molecule is Clc1cc(Br)cc2c(NC3CC3)c3c(nc12)CCOC3. The van der Waals surface area contributed by atoms with Crippen LogP contribution in [0, 0.1) is 0 Å². The average molecular weight is 354 g/mol. The number of hydrogen-bond acceptors (Lipinski definition) is 3. The highest BCUT2D eigenvalue weighted by molar-refractivity contribution is 9.10. The van der Waals surface area contributed by atoms with E-state index in [0.29, 0.717) is 17.7 Å². The summed E-state index contributed by atoms with van der Waals surface area (Å²) in [4.78, 5) is 4.77. The third kappa shape index (κ3) is 2.20. The number of hydrogen-bond donors (Lipinski definition) is 1. The minimum Gasteiger partial charge on any atom is -0.381 e. The van der Waals surface area contributed by atoms with Crippen molar-refractivity contribution in [2.75, 3.05) is 11.9 Å². The molecule has 1 aliphatic heterocycles. The Morgan fingerprint density at radius 1 is 1.35 bits per heavy atom. The molecule has 1 aromatic carbocycles. The molecule has 0 bridgehead atoms. The van der Waals surface area contributed by atoms with Gasteiger partial charge >= 0.3 is 0 Å². The van der Waals surface area contributed by atoms with E-state index in [1.807, 2.05) is 6.07 Å². The number of fused-ring (bicyclic) bond motifs is 2. The Kier molecular flexibility index (Phi) is 3.13. The van der Waals surface area contributed by atoms with Crippen molar-refractivity contribution in [2.45, 2.75) is 31.9 Å². The van der Waals surface area contributed by atoms with Crippen LogP contribution in [-0.2, 0) is 17.8 Å². The van der Waals surface area contributed by atoms with Crippen molar-refractivity contribution < 1.29 is 4.74 Å². The van der Waals surface area contributed by atoms with Gasteiger partial charge in [0.15, 0.2) is 0 Å². The maximum Gasteiger partial charge on any atom is 0.0913 e. The van der Waals surface area contributed by atoms with Gasteiger partial charge in [0.2, 0.25) is 0 Å². The molecule has 2 aromatic rings. The molecule has 3 nitrogen and oxygen atoms in total. The van der Waals surface area contributed by atoms with Crippen LogP contribution < -0.4 is 5.32 Å². The molecule has 1 aliphatic carbocycles. The van der Waals surface area contributed by atoms with E-state index in [9.17, 15) is 0 Å². The largest absolute Gasteiger partial charge is 0.381 e. The highest BCUT2D eigenvalue weighted by Gasteiger charge is 2.26. The van der Waals surface area contributed by atoms with Crippen molar-refractivity contribution in [3.63, 3.8) is 0 Å². The van der Waals surface area contributed by atoms with Crippen molar-refractivity contribution >= 4 is 44.1 Å². The second-order valence-corrected chi connectivity index (χ2v) is 6.74. The average Bonchev–Trinajstić information content (AvgIpc) is 3.24. The molecule has 1 aromatic heterocycles. The van der Waals surface area contributed by atoms with E-state index in [4.69, 9.17) is 21.3 Å². The van der Waals surface area contributed by atoms with Gasteiger partial charge in [0, 0.05) is 27.9 Å². The second-order valence-electron chi connectivity index (χ2n) is 5.42. The Labute approximate surface area is 130 Å². The monoisotopic (exact) mass is 352 g/mol. The van der Waals surface area contributed by atoms with E-state index >= 15 is 0 Å². The molecule has 1 N–H and O–H groups in total. The van der Waals surface area contributed by atoms with Crippen molar-refractivity contribution in [1.29, 1.82) is 0 Å². The Bertz CT molecular complexity index is 700. The molecular weight excluding hydrogens is 340 g/mol. The number of aromatic nitrogens is 1. The summed E-state index contributed by atoms with van der Waals surface area (Å²) in [7, 11) is 0. The summed E-state index contributed by atoms with van der Waals surface area (Å²) in [5.74, 6) is 0. The third-order valence-electron chi connectivity index (χ3n) is 3.85. The lowest BCUT2D eigenvalue weighted by Crippen LogP contribution is -2.16. The maximum atomic E-state index is 6.38. The summed E-state index contributed by atoms with van der Waals surface area (Å²) in [5, 5.41) is 5.42. The Morgan fingerprint density at radius 3 is 3.00 bits per heavy atom. The molecule has 20 heavy (non-hydrogen) atoms. The number of nitrogens with zero attached hydrogens (tertiary/aromatic N) is 1. The van der Waals surface area contributed by atoms with Gasteiger partial charge in [0.25, 0.3) is 0 Å². The van der Waals surface area contributed by atoms with Gasteiger partial charge in [0.05, 0.1) is 35.1 Å². The first-order valence-electron chi connectivity index (χ1n) is 6.87. The fourth-order valence-electron chi connectivity index (χ4n) is 2.68. The summed E-state index contributed by atoms with van der Waals surface area (Å²) in [6.07, 6.45) is 3.33. The van der Waals surface area contributed by atoms with Crippen LogP contribution in [0.3, 0.4) is 0 Å². The molecule has 1 saturated carbocycles. The van der Waals surface area contributed by atoms with Gasteiger partial charge in [-0.15, -0.1) is 0 Å². The smallest absolute Gasteiger partial charge is 0.0913 e. The second kappa shape index (κ2) is 4.86. The van der Waals surface area contributed by atoms with Crippen LogP contribution in [-0.4, -0.2) is 17.6 Å². The van der Waals surface area contributed by atoms with Gasteiger partial charge in [-0.25, -0.2) is 0 Å². The zero-order valence-corrected chi connectivity index (χ0v) is 13.2. The first kappa shape index (κ1) is 12.9. The van der Waals surface area contributed by atoms with Gasteiger partial charge in [-0.2, -0.15) is 0 Å². The van der Waals surface area contributed by atoms with Crippen LogP contribution in [0.2, 0.25) is 5.02 Å². The fourth-order valence-corrected chi connectivity index (χ4v) is 3.53. The van der Waals surface area contributed by atoms with Gasteiger partial charge < -0.3 is 10.1 Å². The molecule has 1 fully saturated rings. The van der Waals surface area contributed by atoms with Gasteiger partial charge in [0.1, 0.15) is 0 Å². The topological polar surface area (TPSA) is 34.2 Å². The van der Waals surface area contributed by atoms with E-state index in [1.165, 1.54) is 18.4 Å².